The van der Waals surface area contributed by atoms with Gasteiger partial charge in [0.1, 0.15) is 17.5 Å². The quantitative estimate of drug-likeness (QED) is 0.475. The molecular formula is C26H28FN6O3Y-. The predicted molar refractivity (Wildman–Crippen MR) is 133 cm³/mol. The third kappa shape index (κ3) is 6.04. The molecular weight excluding hydrogens is 552 g/mol. The Hall–Kier alpha value is -2.37. The van der Waals surface area contributed by atoms with E-state index in [0.717, 1.165) is 32.1 Å². The van der Waals surface area contributed by atoms with Crippen molar-refractivity contribution in [2.75, 3.05) is 38.7 Å². The largest absolute Gasteiger partial charge is 0.662 e. The molecule has 11 heteroatoms. The van der Waals surface area contributed by atoms with Gasteiger partial charge in [-0.25, -0.2) is 14.4 Å². The molecule has 3 fully saturated rings. The van der Waals surface area contributed by atoms with Crippen molar-refractivity contribution in [3.8, 4) is 11.3 Å². The van der Waals surface area contributed by atoms with Crippen LogP contribution in [0.2, 0.25) is 0 Å². The first-order valence-corrected chi connectivity index (χ1v) is 12.0. The molecule has 0 saturated carbocycles. The van der Waals surface area contributed by atoms with Gasteiger partial charge < -0.3 is 25.4 Å². The molecule has 3 aromatic rings. The number of morpholine rings is 1. The average molecular weight is 580 g/mol. The van der Waals surface area contributed by atoms with Crippen LogP contribution in [0.5, 0.6) is 0 Å². The minimum atomic E-state index is -0.328. The number of likely N-dealkylation sites (tertiary alicyclic amines) is 1. The molecule has 0 spiro atoms. The first kappa shape index (κ1) is 27.7. The predicted octanol–water partition coefficient (Wildman–Crippen LogP) is 3.50. The van der Waals surface area contributed by atoms with Crippen LogP contribution in [0.4, 0.5) is 15.9 Å². The monoisotopic (exact) mass is 580 g/mol. The number of aromatic nitrogens is 3. The molecule has 37 heavy (non-hydrogen) atoms. The minimum Gasteiger partial charge on any atom is -0.662 e. The van der Waals surface area contributed by atoms with Gasteiger partial charge >= 0.3 is 0 Å². The van der Waals surface area contributed by atoms with Crippen LogP contribution < -0.4 is 5.32 Å². The number of anilines is 2. The number of pyridine rings is 1. The molecule has 3 aliphatic rings. The van der Waals surface area contributed by atoms with Gasteiger partial charge in [-0.2, -0.15) is 0 Å². The number of halogens is 1. The van der Waals surface area contributed by atoms with E-state index in [0.29, 0.717) is 48.3 Å². The number of ether oxygens (including phenoxy) is 1. The van der Waals surface area contributed by atoms with Crippen molar-refractivity contribution in [3.63, 3.8) is 0 Å². The summed E-state index contributed by atoms with van der Waals surface area (Å²) in [7, 11) is 1.00. The topological polar surface area (TPSA) is 115 Å². The van der Waals surface area contributed by atoms with Gasteiger partial charge in [-0.1, -0.05) is 12.5 Å². The summed E-state index contributed by atoms with van der Waals surface area (Å²) >= 11 is 0. The summed E-state index contributed by atoms with van der Waals surface area (Å²) in [5.41, 5.74) is 2.51. The van der Waals surface area contributed by atoms with Gasteiger partial charge in [0, 0.05) is 82.0 Å². The van der Waals surface area contributed by atoms with E-state index in [4.69, 9.17) is 19.8 Å². The smallest absolute Gasteiger partial charge is 0.255 e. The molecule has 6 rings (SSSR count). The van der Waals surface area contributed by atoms with E-state index < -0.39 is 0 Å². The second-order valence-electron chi connectivity index (χ2n) is 8.96. The molecule has 9 nitrogen and oxygen atoms in total. The second kappa shape index (κ2) is 12.5. The molecule has 2 aromatic heterocycles. The van der Waals surface area contributed by atoms with Crippen molar-refractivity contribution in [2.24, 2.45) is 0 Å². The summed E-state index contributed by atoms with van der Waals surface area (Å²) in [6.07, 6.45) is 5.43. The molecule has 1 amide bonds. The number of rotatable bonds is 5. The van der Waals surface area contributed by atoms with E-state index in [9.17, 15) is 9.18 Å². The van der Waals surface area contributed by atoms with Crippen LogP contribution in [0, 0.1) is 5.82 Å². The van der Waals surface area contributed by atoms with Crippen LogP contribution >= 0.6 is 0 Å². The Labute approximate surface area is 240 Å². The summed E-state index contributed by atoms with van der Waals surface area (Å²) in [5, 5.41) is 14.7. The maximum Gasteiger partial charge on any atom is 0.255 e. The fraction of sp³-hybridized carbons (Fsp3) is 0.385. The molecule has 191 valence electrons. The minimum absolute atomic E-state index is 0. The van der Waals surface area contributed by atoms with Crippen LogP contribution in [-0.2, 0) is 37.4 Å². The molecule has 3 saturated heterocycles. The van der Waals surface area contributed by atoms with Gasteiger partial charge in [-0.3, -0.25) is 9.78 Å². The van der Waals surface area contributed by atoms with Gasteiger partial charge in [-0.15, -0.1) is 13.1 Å². The number of carbonyl (C=O) groups is 1. The zero-order valence-corrected chi connectivity index (χ0v) is 23.4. The fourth-order valence-corrected chi connectivity index (χ4v) is 4.64. The Bertz CT molecular complexity index is 1240. The van der Waals surface area contributed by atoms with E-state index in [-0.39, 0.29) is 62.5 Å². The SMILES string of the molecule is CO.O=C(c1cncc(-c2cc(Nc3cccc(F)c3)nc(C3CCC[N-]C3)n2)c1)N1CC2OCC21.[Y]. The molecule has 1 radical (unpaired) electrons. The van der Waals surface area contributed by atoms with Crippen molar-refractivity contribution in [3.05, 3.63) is 71.3 Å². The van der Waals surface area contributed by atoms with E-state index in [1.54, 1.807) is 30.6 Å². The Morgan fingerprint density at radius 2 is 2.08 bits per heavy atom. The number of hydrogen-bond acceptors (Lipinski definition) is 7. The number of aliphatic hydroxyl groups is 1. The number of carbonyl (C=O) groups excluding carboxylic acids is 1. The maximum absolute atomic E-state index is 13.7. The molecule has 0 bridgehead atoms. The van der Waals surface area contributed by atoms with Crippen molar-refractivity contribution in [1.29, 1.82) is 0 Å². The Balaban J connectivity index is 0.00000104. The number of fused-ring (bicyclic) bond motifs is 1. The van der Waals surface area contributed by atoms with Crippen LogP contribution in [-0.4, -0.2) is 76.4 Å². The van der Waals surface area contributed by atoms with Crippen LogP contribution in [0.3, 0.4) is 0 Å². The Morgan fingerprint density at radius 1 is 1.22 bits per heavy atom. The first-order valence-electron chi connectivity index (χ1n) is 12.0. The second-order valence-corrected chi connectivity index (χ2v) is 8.96. The molecule has 5 heterocycles. The van der Waals surface area contributed by atoms with Crippen LogP contribution in [0.15, 0.2) is 48.8 Å². The third-order valence-electron chi connectivity index (χ3n) is 6.65. The van der Waals surface area contributed by atoms with Gasteiger partial charge in [-0.05, 0) is 30.7 Å². The third-order valence-corrected chi connectivity index (χ3v) is 6.65. The molecule has 2 N–H and O–H groups in total. The zero-order valence-electron chi connectivity index (χ0n) is 20.5. The Morgan fingerprint density at radius 3 is 2.76 bits per heavy atom. The number of benzene rings is 1. The first-order chi connectivity index (χ1) is 17.6. The normalized spacial score (nSPS) is 21.7. The van der Waals surface area contributed by atoms with E-state index >= 15 is 0 Å². The number of amides is 1. The summed E-state index contributed by atoms with van der Waals surface area (Å²) < 4.78 is 19.1. The van der Waals surface area contributed by atoms with Crippen molar-refractivity contribution in [1.82, 2.24) is 19.9 Å². The fourth-order valence-electron chi connectivity index (χ4n) is 4.64. The number of piperidine rings is 1. The summed E-state index contributed by atoms with van der Waals surface area (Å²) in [4.78, 5) is 28.7. The molecule has 1 aromatic carbocycles. The number of nitrogens with one attached hydrogen (secondary N) is 1. The number of aliphatic hydroxyl groups excluding tert-OH is 1. The van der Waals surface area contributed by atoms with Crippen molar-refractivity contribution >= 4 is 17.4 Å². The van der Waals surface area contributed by atoms with Crippen molar-refractivity contribution in [2.45, 2.75) is 30.9 Å². The van der Waals surface area contributed by atoms with Crippen molar-refractivity contribution < 1.29 is 51.7 Å². The molecule has 3 atom stereocenters. The Kier molecular flexibility index (Phi) is 9.31. The number of hydrogen-bond donors (Lipinski definition) is 2. The van der Waals surface area contributed by atoms with E-state index in [1.165, 1.54) is 12.1 Å². The summed E-state index contributed by atoms with van der Waals surface area (Å²) in [5.74, 6) is 0.999. The molecule has 3 unspecified atom stereocenters. The standard InChI is InChI=1S/C25H24FN6O2.CH4O.Y/c26-18-4-1-5-19(8-18)29-23-9-20(30-24(31-23)15-3-2-6-27-10-15)16-7-17(12-28-11-16)25(33)32-13-22-21(32)14-34-22;1-2;/h1,4-5,7-9,11-12,15,21-22H,2-3,6,10,13-14H2,(H,29,30,31);2H,1H3;/q-1;;. The van der Waals surface area contributed by atoms with E-state index in [1.807, 2.05) is 11.0 Å². The molecule has 0 aliphatic carbocycles. The van der Waals surface area contributed by atoms with Gasteiger partial charge in [0.2, 0.25) is 0 Å². The summed E-state index contributed by atoms with van der Waals surface area (Å²) in [6, 6.07) is 10.1. The maximum atomic E-state index is 13.7. The number of nitrogens with zero attached hydrogens (tertiary/aromatic N) is 5. The van der Waals surface area contributed by atoms with Crippen LogP contribution in [0.25, 0.3) is 16.6 Å². The van der Waals surface area contributed by atoms with Crippen LogP contribution in [0.1, 0.15) is 34.9 Å². The average Bonchev–Trinajstić information content (AvgIpc) is 2.91. The zero-order chi connectivity index (χ0) is 25.1. The molecule has 3 aliphatic heterocycles. The summed E-state index contributed by atoms with van der Waals surface area (Å²) in [6.45, 7) is 2.76. The van der Waals surface area contributed by atoms with Gasteiger partial charge in [0.05, 0.1) is 30.0 Å². The van der Waals surface area contributed by atoms with Gasteiger partial charge in [0.15, 0.2) is 0 Å². The van der Waals surface area contributed by atoms with Gasteiger partial charge in [0.25, 0.3) is 5.91 Å². The van der Waals surface area contributed by atoms with E-state index in [2.05, 4.69) is 15.6 Å².